The van der Waals surface area contributed by atoms with Gasteiger partial charge < -0.3 is 5.32 Å². The highest BCUT2D eigenvalue weighted by Crippen LogP contribution is 2.12. The number of hydrogen-bond acceptors (Lipinski definition) is 3. The molecule has 0 aliphatic rings. The lowest BCUT2D eigenvalue weighted by molar-refractivity contribution is 0.102. The molecule has 0 radical (unpaired) electrons. The number of rotatable bonds is 2. The third-order valence-electron chi connectivity index (χ3n) is 2.29. The van der Waals surface area contributed by atoms with Crippen molar-refractivity contribution in [3.63, 3.8) is 0 Å². The summed E-state index contributed by atoms with van der Waals surface area (Å²) in [6.45, 7) is 3.75. The van der Waals surface area contributed by atoms with Crippen molar-refractivity contribution in [2.75, 3.05) is 5.32 Å². The Balaban J connectivity index is 2.21. The monoisotopic (exact) mass is 261 g/mol. The normalized spacial score (nSPS) is 10.2. The van der Waals surface area contributed by atoms with Crippen molar-refractivity contribution in [1.29, 1.82) is 0 Å². The second-order valence-electron chi connectivity index (χ2n) is 3.94. The number of anilines is 1. The van der Waals surface area contributed by atoms with Crippen LogP contribution < -0.4 is 5.32 Å². The molecule has 0 fully saturated rings. The molecule has 0 aliphatic heterocycles. The highest BCUT2D eigenvalue weighted by molar-refractivity contribution is 6.29. The molecule has 0 atom stereocenters. The predicted octanol–water partition coefficient (Wildman–Crippen LogP) is 3.00. The topological polar surface area (TPSA) is 54.9 Å². The van der Waals surface area contributed by atoms with Gasteiger partial charge in [0.25, 0.3) is 5.91 Å². The predicted molar refractivity (Wildman–Crippen MR) is 70.9 cm³/mol. The first-order valence-corrected chi connectivity index (χ1v) is 5.81. The van der Waals surface area contributed by atoms with Crippen LogP contribution in [0.15, 0.2) is 30.3 Å². The molecular formula is C13H12ClN3O. The zero-order valence-corrected chi connectivity index (χ0v) is 10.8. The Morgan fingerprint density at radius 2 is 1.83 bits per heavy atom. The fourth-order valence-corrected chi connectivity index (χ4v) is 1.80. The molecular weight excluding hydrogens is 250 g/mol. The van der Waals surface area contributed by atoms with E-state index in [0.29, 0.717) is 10.8 Å². The Hall–Kier alpha value is -1.94. The molecule has 2 heterocycles. The van der Waals surface area contributed by atoms with Crippen LogP contribution in [0.1, 0.15) is 21.9 Å². The minimum absolute atomic E-state index is 0.287. The molecule has 92 valence electrons. The van der Waals surface area contributed by atoms with Crippen molar-refractivity contribution in [3.05, 3.63) is 52.6 Å². The third-order valence-corrected chi connectivity index (χ3v) is 2.50. The smallest absolute Gasteiger partial charge is 0.274 e. The van der Waals surface area contributed by atoms with Gasteiger partial charge in [0.2, 0.25) is 0 Å². The molecule has 5 heteroatoms. The van der Waals surface area contributed by atoms with Gasteiger partial charge in [0.1, 0.15) is 10.8 Å². The van der Waals surface area contributed by atoms with E-state index in [1.54, 1.807) is 30.3 Å². The van der Waals surface area contributed by atoms with Crippen molar-refractivity contribution in [3.8, 4) is 0 Å². The largest absolute Gasteiger partial charge is 0.321 e. The van der Waals surface area contributed by atoms with Crippen LogP contribution in [0.5, 0.6) is 0 Å². The van der Waals surface area contributed by atoms with E-state index < -0.39 is 0 Å². The summed E-state index contributed by atoms with van der Waals surface area (Å²) in [6.07, 6.45) is 0. The lowest BCUT2D eigenvalue weighted by Crippen LogP contribution is -2.14. The van der Waals surface area contributed by atoms with Gasteiger partial charge >= 0.3 is 0 Å². The first-order valence-electron chi connectivity index (χ1n) is 5.44. The molecule has 0 aliphatic carbocycles. The molecule has 1 N–H and O–H groups in total. The van der Waals surface area contributed by atoms with Gasteiger partial charge in [-0.1, -0.05) is 17.7 Å². The van der Waals surface area contributed by atoms with E-state index >= 15 is 0 Å². The number of nitrogens with zero attached hydrogens (tertiary/aromatic N) is 2. The molecule has 0 spiro atoms. The number of hydrogen-bond donors (Lipinski definition) is 1. The second-order valence-corrected chi connectivity index (χ2v) is 4.33. The standard InChI is InChI=1S/C13H12ClN3O/c1-8-6-10(7-9(2)15-8)16-13(18)11-4-3-5-12(14)17-11/h3-7H,1-2H3,(H,15,16,18). The highest BCUT2D eigenvalue weighted by Gasteiger charge is 2.08. The minimum atomic E-state index is -0.289. The zero-order valence-electron chi connectivity index (χ0n) is 10.1. The third kappa shape index (κ3) is 3.05. The Bertz CT molecular complexity index is 578. The number of carbonyl (C=O) groups is 1. The number of nitrogens with one attached hydrogen (secondary N) is 1. The molecule has 0 saturated heterocycles. The van der Waals surface area contributed by atoms with E-state index in [9.17, 15) is 4.79 Å². The number of carbonyl (C=O) groups excluding carboxylic acids is 1. The first kappa shape index (κ1) is 12.5. The Morgan fingerprint density at radius 1 is 1.17 bits per heavy atom. The van der Waals surface area contributed by atoms with E-state index in [1.165, 1.54) is 0 Å². The number of halogens is 1. The quantitative estimate of drug-likeness (QED) is 0.846. The number of pyridine rings is 2. The van der Waals surface area contributed by atoms with Gasteiger partial charge in [0.05, 0.1) is 0 Å². The fraction of sp³-hybridized carbons (Fsp3) is 0.154. The summed E-state index contributed by atoms with van der Waals surface area (Å²) in [6, 6.07) is 8.53. The molecule has 18 heavy (non-hydrogen) atoms. The molecule has 2 aromatic heterocycles. The van der Waals surface area contributed by atoms with Crippen molar-refractivity contribution >= 4 is 23.2 Å². The van der Waals surface area contributed by atoms with Crippen LogP contribution in [0, 0.1) is 13.8 Å². The average molecular weight is 262 g/mol. The van der Waals surface area contributed by atoms with Gasteiger partial charge in [0, 0.05) is 17.1 Å². The lowest BCUT2D eigenvalue weighted by Gasteiger charge is -2.06. The summed E-state index contributed by atoms with van der Waals surface area (Å²) in [5.74, 6) is -0.289. The minimum Gasteiger partial charge on any atom is -0.321 e. The molecule has 4 nitrogen and oxygen atoms in total. The summed E-state index contributed by atoms with van der Waals surface area (Å²) in [5, 5.41) is 3.06. The first-order chi connectivity index (χ1) is 8.54. The van der Waals surface area contributed by atoms with Crippen molar-refractivity contribution in [2.45, 2.75) is 13.8 Å². The Kier molecular flexibility index (Phi) is 3.58. The van der Waals surface area contributed by atoms with Gasteiger partial charge in [-0.05, 0) is 38.1 Å². The number of aryl methyl sites for hydroxylation is 2. The lowest BCUT2D eigenvalue weighted by atomic mass is 10.2. The summed E-state index contributed by atoms with van der Waals surface area (Å²) < 4.78 is 0. The molecule has 0 unspecified atom stereocenters. The maximum absolute atomic E-state index is 11.9. The highest BCUT2D eigenvalue weighted by atomic mass is 35.5. The molecule has 0 bridgehead atoms. The summed E-state index contributed by atoms with van der Waals surface area (Å²) in [5.41, 5.74) is 2.69. The number of amides is 1. The van der Waals surface area contributed by atoms with Crippen LogP contribution in [0.2, 0.25) is 5.15 Å². The van der Waals surface area contributed by atoms with Gasteiger partial charge in [-0.15, -0.1) is 0 Å². The van der Waals surface area contributed by atoms with Crippen molar-refractivity contribution in [2.24, 2.45) is 0 Å². The summed E-state index contributed by atoms with van der Waals surface area (Å²) in [4.78, 5) is 20.1. The number of aromatic nitrogens is 2. The van der Waals surface area contributed by atoms with Gasteiger partial charge in [-0.25, -0.2) is 4.98 Å². The van der Waals surface area contributed by atoms with Crippen molar-refractivity contribution in [1.82, 2.24) is 9.97 Å². The zero-order chi connectivity index (χ0) is 13.1. The van der Waals surface area contributed by atoms with Crippen LogP contribution in [0.25, 0.3) is 0 Å². The van der Waals surface area contributed by atoms with Gasteiger partial charge in [-0.3, -0.25) is 9.78 Å². The van der Waals surface area contributed by atoms with E-state index in [2.05, 4.69) is 15.3 Å². The summed E-state index contributed by atoms with van der Waals surface area (Å²) >= 11 is 5.74. The average Bonchev–Trinajstić information content (AvgIpc) is 2.27. The van der Waals surface area contributed by atoms with Crippen LogP contribution in [0.3, 0.4) is 0 Å². The molecule has 0 saturated carbocycles. The van der Waals surface area contributed by atoms with Crippen LogP contribution in [-0.2, 0) is 0 Å². The van der Waals surface area contributed by atoms with E-state index in [1.807, 2.05) is 13.8 Å². The van der Waals surface area contributed by atoms with Crippen LogP contribution >= 0.6 is 11.6 Å². The summed E-state index contributed by atoms with van der Waals surface area (Å²) in [7, 11) is 0. The van der Waals surface area contributed by atoms with E-state index in [4.69, 9.17) is 11.6 Å². The maximum Gasteiger partial charge on any atom is 0.274 e. The Morgan fingerprint density at radius 3 is 2.44 bits per heavy atom. The van der Waals surface area contributed by atoms with Crippen molar-refractivity contribution < 1.29 is 4.79 Å². The van der Waals surface area contributed by atoms with Crippen LogP contribution in [-0.4, -0.2) is 15.9 Å². The Labute approximate surface area is 110 Å². The second kappa shape index (κ2) is 5.14. The maximum atomic E-state index is 11.9. The van der Waals surface area contributed by atoms with E-state index in [-0.39, 0.29) is 11.6 Å². The van der Waals surface area contributed by atoms with Crippen LogP contribution in [0.4, 0.5) is 5.69 Å². The van der Waals surface area contributed by atoms with Gasteiger partial charge in [0.15, 0.2) is 0 Å². The molecule has 0 aromatic carbocycles. The SMILES string of the molecule is Cc1cc(NC(=O)c2cccc(Cl)n2)cc(C)n1. The fourth-order valence-electron chi connectivity index (χ4n) is 1.64. The molecule has 1 amide bonds. The van der Waals surface area contributed by atoms with E-state index in [0.717, 1.165) is 11.4 Å². The molecule has 2 aromatic rings. The molecule has 2 rings (SSSR count). The van der Waals surface area contributed by atoms with Gasteiger partial charge in [-0.2, -0.15) is 0 Å².